The van der Waals surface area contributed by atoms with Crippen molar-refractivity contribution < 1.29 is 9.47 Å². The summed E-state index contributed by atoms with van der Waals surface area (Å²) >= 11 is 0. The Balaban J connectivity index is 1.46. The highest BCUT2D eigenvalue weighted by Crippen LogP contribution is 2.17. The molecule has 2 N–H and O–H groups in total. The lowest BCUT2D eigenvalue weighted by atomic mass is 10.2. The molecule has 7 heteroatoms. The second-order valence-electron chi connectivity index (χ2n) is 6.46. The number of hydrogen-bond donors (Lipinski definition) is 2. The van der Waals surface area contributed by atoms with Gasteiger partial charge >= 0.3 is 0 Å². The summed E-state index contributed by atoms with van der Waals surface area (Å²) in [4.78, 5) is 14.2. The van der Waals surface area contributed by atoms with Gasteiger partial charge in [0, 0.05) is 14.1 Å². The van der Waals surface area contributed by atoms with E-state index in [1.54, 1.807) is 14.2 Å². The van der Waals surface area contributed by atoms with Crippen molar-refractivity contribution in [2.24, 2.45) is 4.99 Å². The molecular weight excluding hydrogens is 366 g/mol. The molecule has 0 radical (unpaired) electrons. The van der Waals surface area contributed by atoms with Crippen LogP contribution in [0, 0.1) is 0 Å². The second kappa shape index (κ2) is 10.2. The molecule has 0 amide bonds. The Labute approximate surface area is 171 Å². The van der Waals surface area contributed by atoms with E-state index in [-0.39, 0.29) is 0 Å². The summed E-state index contributed by atoms with van der Waals surface area (Å²) in [7, 11) is 5.39. The van der Waals surface area contributed by atoms with Crippen molar-refractivity contribution in [1.29, 1.82) is 0 Å². The third-order valence-corrected chi connectivity index (χ3v) is 4.39. The number of aromatic amines is 1. The molecule has 0 aliphatic heterocycles. The van der Waals surface area contributed by atoms with Gasteiger partial charge in [0.05, 0.1) is 32.1 Å². The zero-order valence-corrected chi connectivity index (χ0v) is 17.1. The first-order valence-electron chi connectivity index (χ1n) is 9.47. The minimum atomic E-state index is 0.526. The number of imidazole rings is 1. The van der Waals surface area contributed by atoms with E-state index in [0.29, 0.717) is 19.7 Å². The van der Waals surface area contributed by atoms with Crippen molar-refractivity contribution in [3.63, 3.8) is 0 Å². The fraction of sp³-hybridized carbons (Fsp3) is 0.273. The lowest BCUT2D eigenvalue weighted by molar-refractivity contribution is 0.318. The largest absolute Gasteiger partial charge is 0.497 e. The predicted octanol–water partition coefficient (Wildman–Crippen LogP) is 3.17. The minimum absolute atomic E-state index is 0.526. The van der Waals surface area contributed by atoms with E-state index in [1.165, 1.54) is 0 Å². The number of nitrogens with zero attached hydrogens (tertiary/aromatic N) is 3. The van der Waals surface area contributed by atoms with E-state index in [2.05, 4.69) is 32.4 Å². The summed E-state index contributed by atoms with van der Waals surface area (Å²) in [6.07, 6.45) is 1.86. The molecule has 0 spiro atoms. The molecule has 0 saturated carbocycles. The zero-order valence-electron chi connectivity index (χ0n) is 17.1. The summed E-state index contributed by atoms with van der Waals surface area (Å²) < 4.78 is 10.9. The molecule has 3 aromatic rings. The molecule has 29 heavy (non-hydrogen) atoms. The first-order chi connectivity index (χ1) is 14.2. The summed E-state index contributed by atoms with van der Waals surface area (Å²) in [6, 6.07) is 17.7. The van der Waals surface area contributed by atoms with Crippen molar-refractivity contribution in [3.05, 3.63) is 66.6 Å². The highest BCUT2D eigenvalue weighted by Gasteiger charge is 2.09. The number of aliphatic imine (C=N–C) groups is 1. The summed E-state index contributed by atoms with van der Waals surface area (Å²) in [5.74, 6) is 3.27. The van der Waals surface area contributed by atoms with Crippen molar-refractivity contribution in [2.45, 2.75) is 6.54 Å². The number of guanidine groups is 1. The van der Waals surface area contributed by atoms with Crippen LogP contribution in [0.5, 0.6) is 11.5 Å². The number of nitrogens with one attached hydrogen (secondary N) is 2. The smallest absolute Gasteiger partial charge is 0.193 e. The number of benzene rings is 2. The zero-order chi connectivity index (χ0) is 20.5. The monoisotopic (exact) mass is 393 g/mol. The second-order valence-corrected chi connectivity index (χ2v) is 6.46. The van der Waals surface area contributed by atoms with Gasteiger partial charge in [-0.3, -0.25) is 4.99 Å². The van der Waals surface area contributed by atoms with E-state index in [9.17, 15) is 0 Å². The van der Waals surface area contributed by atoms with Crippen LogP contribution in [0.4, 0.5) is 0 Å². The fourth-order valence-corrected chi connectivity index (χ4v) is 2.90. The van der Waals surface area contributed by atoms with Gasteiger partial charge in [0.1, 0.15) is 23.9 Å². The standard InChI is InChI=1S/C22H27N5O2/c1-23-22(24-13-14-29-19-11-9-18(28-3)10-12-19)27(2)16-21-25-15-20(26-21)17-7-5-4-6-8-17/h4-12,15H,13-14,16H2,1-3H3,(H,23,24)(H,25,26). The number of hydrogen-bond acceptors (Lipinski definition) is 4. The third-order valence-electron chi connectivity index (χ3n) is 4.39. The molecule has 7 nitrogen and oxygen atoms in total. The maximum Gasteiger partial charge on any atom is 0.193 e. The molecule has 0 aliphatic rings. The van der Waals surface area contributed by atoms with E-state index in [0.717, 1.165) is 34.5 Å². The topological polar surface area (TPSA) is 74.8 Å². The normalized spacial score (nSPS) is 11.2. The van der Waals surface area contributed by atoms with Crippen LogP contribution in [0.1, 0.15) is 5.82 Å². The molecule has 0 unspecified atom stereocenters. The predicted molar refractivity (Wildman–Crippen MR) is 115 cm³/mol. The quantitative estimate of drug-likeness (QED) is 0.349. The molecule has 0 bridgehead atoms. The Morgan fingerprint density at radius 3 is 2.52 bits per heavy atom. The van der Waals surface area contributed by atoms with Crippen LogP contribution in [-0.2, 0) is 6.54 Å². The van der Waals surface area contributed by atoms with Crippen LogP contribution in [0.25, 0.3) is 11.3 Å². The van der Waals surface area contributed by atoms with Crippen molar-refractivity contribution in [1.82, 2.24) is 20.2 Å². The first kappa shape index (κ1) is 20.3. The summed E-state index contributed by atoms with van der Waals surface area (Å²) in [5.41, 5.74) is 2.12. The molecular formula is C22H27N5O2. The van der Waals surface area contributed by atoms with Gasteiger partial charge in [0.2, 0.25) is 0 Å². The first-order valence-corrected chi connectivity index (χ1v) is 9.47. The van der Waals surface area contributed by atoms with Crippen LogP contribution >= 0.6 is 0 Å². The molecule has 1 heterocycles. The van der Waals surface area contributed by atoms with Crippen molar-refractivity contribution in [3.8, 4) is 22.8 Å². The molecule has 0 atom stereocenters. The number of rotatable bonds is 8. The molecule has 0 aliphatic carbocycles. The van der Waals surface area contributed by atoms with Crippen LogP contribution in [0.3, 0.4) is 0 Å². The van der Waals surface area contributed by atoms with Gasteiger partial charge < -0.3 is 24.7 Å². The van der Waals surface area contributed by atoms with Crippen LogP contribution < -0.4 is 14.8 Å². The van der Waals surface area contributed by atoms with Crippen molar-refractivity contribution in [2.75, 3.05) is 34.4 Å². The minimum Gasteiger partial charge on any atom is -0.497 e. The Bertz CT molecular complexity index is 906. The summed E-state index contributed by atoms with van der Waals surface area (Å²) in [6.45, 7) is 1.78. The molecule has 1 aromatic heterocycles. The number of H-pyrrole nitrogens is 1. The molecule has 2 aromatic carbocycles. The van der Waals surface area contributed by atoms with Gasteiger partial charge in [-0.1, -0.05) is 30.3 Å². The average Bonchev–Trinajstić information content (AvgIpc) is 3.23. The van der Waals surface area contributed by atoms with E-state index < -0.39 is 0 Å². The van der Waals surface area contributed by atoms with E-state index in [4.69, 9.17) is 9.47 Å². The molecule has 152 valence electrons. The maximum atomic E-state index is 5.74. The average molecular weight is 393 g/mol. The van der Waals surface area contributed by atoms with Crippen LogP contribution in [0.2, 0.25) is 0 Å². The maximum absolute atomic E-state index is 5.74. The van der Waals surface area contributed by atoms with Gasteiger partial charge in [-0.2, -0.15) is 0 Å². The third kappa shape index (κ3) is 5.75. The molecule has 0 saturated heterocycles. The lowest BCUT2D eigenvalue weighted by Crippen LogP contribution is -2.40. The Morgan fingerprint density at radius 2 is 1.83 bits per heavy atom. The molecule has 3 rings (SSSR count). The number of ether oxygens (including phenoxy) is 2. The van der Waals surface area contributed by atoms with Crippen LogP contribution in [-0.4, -0.2) is 55.2 Å². The van der Waals surface area contributed by atoms with Gasteiger partial charge in [-0.05, 0) is 29.8 Å². The van der Waals surface area contributed by atoms with Crippen LogP contribution in [0.15, 0.2) is 65.8 Å². The van der Waals surface area contributed by atoms with Gasteiger partial charge in [0.25, 0.3) is 0 Å². The lowest BCUT2D eigenvalue weighted by Gasteiger charge is -2.21. The molecule has 0 fully saturated rings. The highest BCUT2D eigenvalue weighted by molar-refractivity contribution is 5.79. The van der Waals surface area contributed by atoms with E-state index >= 15 is 0 Å². The van der Waals surface area contributed by atoms with Gasteiger partial charge in [-0.25, -0.2) is 4.98 Å². The fourth-order valence-electron chi connectivity index (χ4n) is 2.90. The highest BCUT2D eigenvalue weighted by atomic mass is 16.5. The van der Waals surface area contributed by atoms with E-state index in [1.807, 2.05) is 60.6 Å². The Kier molecular flexibility index (Phi) is 7.10. The number of methoxy groups -OCH3 is 1. The Morgan fingerprint density at radius 1 is 1.10 bits per heavy atom. The summed E-state index contributed by atoms with van der Waals surface area (Å²) in [5, 5.41) is 3.31. The SMILES string of the molecule is CN=C(NCCOc1ccc(OC)cc1)N(C)Cc1ncc(-c2ccccc2)[nH]1. The van der Waals surface area contributed by atoms with Crippen molar-refractivity contribution >= 4 is 5.96 Å². The van der Waals surface area contributed by atoms with Gasteiger partial charge in [-0.15, -0.1) is 0 Å². The van der Waals surface area contributed by atoms with Gasteiger partial charge in [0.15, 0.2) is 5.96 Å². The number of aromatic nitrogens is 2. The Hall–Kier alpha value is -3.48.